The van der Waals surface area contributed by atoms with Crippen molar-refractivity contribution in [1.82, 2.24) is 37.2 Å². The number of aliphatic carboxylic acids is 1. The lowest BCUT2D eigenvalue weighted by molar-refractivity contribution is -0.141. The molecule has 21 heteroatoms. The van der Waals surface area contributed by atoms with E-state index in [0.717, 1.165) is 0 Å². The van der Waals surface area contributed by atoms with Gasteiger partial charge in [0.15, 0.2) is 0 Å². The number of rotatable bonds is 18. The molecule has 61 heavy (non-hydrogen) atoms. The average Bonchev–Trinajstić information content (AvgIpc) is 3.18. The second-order valence-corrected chi connectivity index (χ2v) is 16.9. The second-order valence-electron chi connectivity index (χ2n) is 15.8. The molecule has 1 aromatic rings. The minimum atomic E-state index is -1.84. The molecule has 0 aliphatic carbocycles. The topological polar surface area (TPSA) is 327 Å². The van der Waals surface area contributed by atoms with E-state index in [2.05, 4.69) is 37.2 Å². The van der Waals surface area contributed by atoms with E-state index in [1.54, 1.807) is 44.2 Å². The monoisotopic (exact) mass is 875 g/mol. The molecule has 20 nitrogen and oxygen atoms in total. The smallest absolute Gasteiger partial charge is 0.305 e. The van der Waals surface area contributed by atoms with Crippen LogP contribution in [0.25, 0.3) is 0 Å². The van der Waals surface area contributed by atoms with Crippen molar-refractivity contribution in [1.29, 1.82) is 0 Å². The summed E-state index contributed by atoms with van der Waals surface area (Å²) in [6, 6.07) is -1.65. The quantitative estimate of drug-likeness (QED) is 0.0791. The summed E-state index contributed by atoms with van der Waals surface area (Å²) >= 11 is 0.540. The zero-order valence-corrected chi connectivity index (χ0v) is 36.2. The Morgan fingerprint density at radius 3 is 1.87 bits per heavy atom. The normalized spacial score (nSPS) is 22.1. The molecule has 1 fully saturated rings. The van der Waals surface area contributed by atoms with E-state index < -0.39 is 132 Å². The third kappa shape index (κ3) is 17.9. The zero-order chi connectivity index (χ0) is 46.0. The van der Waals surface area contributed by atoms with Crippen LogP contribution < -0.4 is 48.7 Å². The Morgan fingerprint density at radius 2 is 1.31 bits per heavy atom. The van der Waals surface area contributed by atoms with Gasteiger partial charge in [-0.1, -0.05) is 90.1 Å². The molecule has 0 saturated carbocycles. The van der Waals surface area contributed by atoms with Crippen molar-refractivity contribution in [2.75, 3.05) is 12.3 Å². The number of carboxylic acid groups (broad SMARTS) is 1. The number of carbonyl (C=O) groups excluding carboxylic acids is 9. The van der Waals surface area contributed by atoms with Crippen LogP contribution in [0.15, 0.2) is 30.3 Å². The number of hydrogen-bond acceptors (Lipinski definition) is 12. The summed E-state index contributed by atoms with van der Waals surface area (Å²) in [5, 5.41) is 26.6. The Morgan fingerprint density at radius 1 is 0.770 bits per heavy atom. The van der Waals surface area contributed by atoms with E-state index in [1.165, 1.54) is 0 Å². The Hall–Kier alpha value is -5.57. The maximum atomic E-state index is 14.0. The molecule has 1 aliphatic rings. The maximum absolute atomic E-state index is 14.0. The number of hydrogen-bond donors (Lipinski definition) is 10. The molecular formula is C40H61N9O11S. The molecular weight excluding hydrogens is 815 g/mol. The van der Waals surface area contributed by atoms with Crippen LogP contribution in [0.1, 0.15) is 79.2 Å². The minimum Gasteiger partial charge on any atom is -0.481 e. The molecule has 1 aliphatic heterocycles. The largest absolute Gasteiger partial charge is 0.481 e. The summed E-state index contributed by atoms with van der Waals surface area (Å²) in [5.41, 5.74) is 11.4. The van der Waals surface area contributed by atoms with Crippen LogP contribution in [0.4, 0.5) is 0 Å². The number of benzene rings is 1. The highest BCUT2D eigenvalue weighted by molar-refractivity contribution is 8.13. The molecule has 1 saturated heterocycles. The highest BCUT2D eigenvalue weighted by atomic mass is 32.2. The molecule has 0 bridgehead atoms. The van der Waals surface area contributed by atoms with E-state index in [0.29, 0.717) is 23.7 Å². The van der Waals surface area contributed by atoms with Crippen molar-refractivity contribution in [3.8, 4) is 0 Å². The summed E-state index contributed by atoms with van der Waals surface area (Å²) < 4.78 is 0. The van der Waals surface area contributed by atoms with Crippen molar-refractivity contribution >= 4 is 70.1 Å². The molecule has 1 aromatic carbocycles. The van der Waals surface area contributed by atoms with E-state index in [-0.39, 0.29) is 31.1 Å². The van der Waals surface area contributed by atoms with Crippen molar-refractivity contribution in [3.63, 3.8) is 0 Å². The van der Waals surface area contributed by atoms with Crippen LogP contribution in [-0.2, 0) is 54.4 Å². The summed E-state index contributed by atoms with van der Waals surface area (Å²) in [7, 11) is 0. The summed E-state index contributed by atoms with van der Waals surface area (Å²) in [5.74, 6) is -10.2. The van der Waals surface area contributed by atoms with Gasteiger partial charge < -0.3 is 53.8 Å². The first-order valence-electron chi connectivity index (χ1n) is 20.2. The molecule has 0 spiro atoms. The highest BCUT2D eigenvalue weighted by Gasteiger charge is 2.37. The van der Waals surface area contributed by atoms with Gasteiger partial charge in [0.1, 0.15) is 36.3 Å². The van der Waals surface area contributed by atoms with Crippen molar-refractivity contribution in [2.24, 2.45) is 29.2 Å². The fourth-order valence-corrected chi connectivity index (χ4v) is 7.17. The fourth-order valence-electron chi connectivity index (χ4n) is 6.25. The van der Waals surface area contributed by atoms with Gasteiger partial charge in [-0.25, -0.2) is 0 Å². The predicted molar refractivity (Wildman–Crippen MR) is 225 cm³/mol. The third-order valence-corrected chi connectivity index (χ3v) is 10.7. The number of nitrogens with two attached hydrogens (primary N) is 2. The number of thioether (sulfide) groups is 1. The molecule has 1 heterocycles. The van der Waals surface area contributed by atoms with Crippen LogP contribution in [0, 0.1) is 17.8 Å². The standard InChI is InChI=1S/C40H61N9O11S/c1-7-22(6)33(49-31(51)18-41)39(59)46-26(16-30(42)50)36(56)48-29-19-61-40(60)28(14-21(4)5)47-34(54)24(13-20(2)3)43-35(55)25(15-23-11-9-8-10-12-23)44-37(57)27(17-32(52)53)45-38(29)58/h8-12,20-22,24-29,33H,7,13-19,41H2,1-6H3,(H2,42,50)(H,43,55)(H,44,57)(H,45,58)(H,46,59)(H,47,54)(H,48,56)(H,49,51)(H,52,53)/t22-,24-,25-,26-,27-,28-,29-,33-/m0/s1. The van der Waals surface area contributed by atoms with Crippen LogP contribution in [0.2, 0.25) is 0 Å². The number of amides is 8. The first kappa shape index (κ1) is 51.6. The van der Waals surface area contributed by atoms with Gasteiger partial charge in [0.2, 0.25) is 52.4 Å². The van der Waals surface area contributed by atoms with Gasteiger partial charge in [0.25, 0.3) is 0 Å². The van der Waals surface area contributed by atoms with E-state index in [4.69, 9.17) is 11.5 Å². The van der Waals surface area contributed by atoms with Gasteiger partial charge in [-0.05, 0) is 36.2 Å². The van der Waals surface area contributed by atoms with Crippen molar-refractivity contribution < 1.29 is 53.1 Å². The second kappa shape index (κ2) is 25.3. The van der Waals surface area contributed by atoms with E-state index >= 15 is 0 Å². The third-order valence-electron chi connectivity index (χ3n) is 9.64. The summed E-state index contributed by atoms with van der Waals surface area (Å²) in [6.07, 6.45) is -1.17. The zero-order valence-electron chi connectivity index (χ0n) is 35.4. The summed E-state index contributed by atoms with van der Waals surface area (Å²) in [4.78, 5) is 133. The fraction of sp³-hybridized carbons (Fsp3) is 0.600. The van der Waals surface area contributed by atoms with Gasteiger partial charge in [-0.15, -0.1) is 0 Å². The van der Waals surface area contributed by atoms with Crippen LogP contribution >= 0.6 is 11.8 Å². The first-order valence-corrected chi connectivity index (χ1v) is 21.2. The summed E-state index contributed by atoms with van der Waals surface area (Å²) in [6.45, 7) is 10.2. The van der Waals surface area contributed by atoms with E-state index in [9.17, 15) is 53.1 Å². The lowest BCUT2D eigenvalue weighted by Crippen LogP contribution is -2.61. The van der Waals surface area contributed by atoms with Crippen LogP contribution in [0.5, 0.6) is 0 Å². The van der Waals surface area contributed by atoms with Gasteiger partial charge in [-0.2, -0.15) is 0 Å². The van der Waals surface area contributed by atoms with Gasteiger partial charge in [-0.3, -0.25) is 47.9 Å². The minimum absolute atomic E-state index is 0.104. The predicted octanol–water partition coefficient (Wildman–Crippen LogP) is -1.66. The van der Waals surface area contributed by atoms with Crippen LogP contribution in [-0.4, -0.2) is 118 Å². The maximum Gasteiger partial charge on any atom is 0.305 e. The Kier molecular flexibility index (Phi) is 21.4. The molecule has 338 valence electrons. The van der Waals surface area contributed by atoms with Gasteiger partial charge >= 0.3 is 5.97 Å². The molecule has 0 aromatic heterocycles. The lowest BCUT2D eigenvalue weighted by atomic mass is 9.97. The number of carbonyl (C=O) groups is 10. The van der Waals surface area contributed by atoms with E-state index in [1.807, 2.05) is 27.7 Å². The molecule has 8 atom stereocenters. The first-order chi connectivity index (χ1) is 28.6. The van der Waals surface area contributed by atoms with Crippen LogP contribution in [0.3, 0.4) is 0 Å². The molecule has 0 radical (unpaired) electrons. The molecule has 8 amide bonds. The average molecular weight is 876 g/mol. The Labute approximate surface area is 359 Å². The van der Waals surface area contributed by atoms with Crippen molar-refractivity contribution in [2.45, 2.75) is 122 Å². The van der Waals surface area contributed by atoms with Gasteiger partial charge in [0.05, 0.1) is 25.4 Å². The number of carboxylic acids is 1. The molecule has 0 unspecified atom stereocenters. The molecule has 12 N–H and O–H groups in total. The SMILES string of the molecule is CC[C@H](C)[C@H](NC(=O)CN)C(=O)N[C@@H](CC(N)=O)C(=O)N[C@H]1CSC(=O)[C@H](CC(C)C)NC(=O)[C@H](CC(C)C)NC(=O)[C@H](Cc2ccccc2)NC(=O)[C@H](CC(=O)O)NC1=O. The highest BCUT2D eigenvalue weighted by Crippen LogP contribution is 2.17. The van der Waals surface area contributed by atoms with Crippen molar-refractivity contribution in [3.05, 3.63) is 35.9 Å². The lowest BCUT2D eigenvalue weighted by Gasteiger charge is -2.29. The number of nitrogens with one attached hydrogen (secondary N) is 7. The number of primary amides is 1. The Balaban J connectivity index is 2.67. The van der Waals surface area contributed by atoms with Gasteiger partial charge in [0, 0.05) is 12.2 Å². The Bertz CT molecular complexity index is 1750. The molecule has 2 rings (SSSR count).